The van der Waals surface area contributed by atoms with Gasteiger partial charge in [0.05, 0.1) is 0 Å². The van der Waals surface area contributed by atoms with Crippen molar-refractivity contribution in [3.8, 4) is 0 Å². The van der Waals surface area contributed by atoms with Crippen LogP contribution in [0.25, 0.3) is 0 Å². The van der Waals surface area contributed by atoms with Gasteiger partial charge >= 0.3 is 0 Å². The van der Waals surface area contributed by atoms with E-state index >= 15 is 0 Å². The fourth-order valence-electron chi connectivity index (χ4n) is 1.65. The highest BCUT2D eigenvalue weighted by Crippen LogP contribution is 2.16. The van der Waals surface area contributed by atoms with Crippen molar-refractivity contribution in [3.05, 3.63) is 29.8 Å². The molecule has 1 aromatic carbocycles. The molecule has 0 aromatic heterocycles. The van der Waals surface area contributed by atoms with E-state index < -0.39 is 0 Å². The molecule has 0 aliphatic heterocycles. The summed E-state index contributed by atoms with van der Waals surface area (Å²) in [4.78, 5) is 3.72. The zero-order valence-corrected chi connectivity index (χ0v) is 11.3. The largest absolute Gasteiger partial charge is 0.329 e. The van der Waals surface area contributed by atoms with E-state index in [1.807, 2.05) is 0 Å². The fraction of sp³-hybridized carbons (Fsp3) is 0.538. The minimum absolute atomic E-state index is 0.545. The topological polar surface area (TPSA) is 29.3 Å². The number of thioether (sulfide) groups is 1. The van der Waals surface area contributed by atoms with Crippen LogP contribution in [0.3, 0.4) is 0 Å². The van der Waals surface area contributed by atoms with Gasteiger partial charge in [0, 0.05) is 30.6 Å². The van der Waals surface area contributed by atoms with Crippen LogP contribution in [-0.4, -0.2) is 30.3 Å². The Bertz CT molecular complexity index is 295. The lowest BCUT2D eigenvalue weighted by atomic mass is 10.2. The second-order valence-corrected chi connectivity index (χ2v) is 5.08. The number of nitrogens with zero attached hydrogens (tertiary/aromatic N) is 1. The molecule has 0 amide bonds. The Balaban J connectivity index is 2.62. The summed E-state index contributed by atoms with van der Waals surface area (Å²) >= 11 is 1.78. The highest BCUT2D eigenvalue weighted by molar-refractivity contribution is 7.98. The molecule has 0 radical (unpaired) electrons. The van der Waals surface area contributed by atoms with Crippen LogP contribution in [0, 0.1) is 0 Å². The number of rotatable bonds is 6. The SMILES string of the molecule is CSc1ccc(CN(CCN)C(C)C)cc1. The number of hydrogen-bond donors (Lipinski definition) is 1. The molecule has 16 heavy (non-hydrogen) atoms. The number of nitrogens with two attached hydrogens (primary N) is 1. The van der Waals surface area contributed by atoms with Crippen LogP contribution < -0.4 is 5.73 Å². The Morgan fingerprint density at radius 1 is 1.25 bits per heavy atom. The van der Waals surface area contributed by atoms with Gasteiger partial charge in [0.1, 0.15) is 0 Å². The second-order valence-electron chi connectivity index (χ2n) is 4.20. The number of hydrogen-bond acceptors (Lipinski definition) is 3. The zero-order chi connectivity index (χ0) is 12.0. The van der Waals surface area contributed by atoms with Crippen molar-refractivity contribution in [2.75, 3.05) is 19.3 Å². The summed E-state index contributed by atoms with van der Waals surface area (Å²) in [5, 5.41) is 0. The average Bonchev–Trinajstić information content (AvgIpc) is 2.29. The van der Waals surface area contributed by atoms with E-state index in [4.69, 9.17) is 5.73 Å². The summed E-state index contributed by atoms with van der Waals surface area (Å²) in [6.45, 7) is 7.10. The standard InChI is InChI=1S/C13H22N2S/c1-11(2)15(9-8-14)10-12-4-6-13(16-3)7-5-12/h4-7,11H,8-10,14H2,1-3H3. The molecule has 90 valence electrons. The molecule has 0 unspecified atom stereocenters. The van der Waals surface area contributed by atoms with Gasteiger partial charge < -0.3 is 5.73 Å². The Labute approximate surface area is 103 Å². The molecule has 0 saturated carbocycles. The lowest BCUT2D eigenvalue weighted by Gasteiger charge is -2.25. The Hall–Kier alpha value is -0.510. The van der Waals surface area contributed by atoms with Crippen molar-refractivity contribution in [2.24, 2.45) is 5.73 Å². The van der Waals surface area contributed by atoms with E-state index in [0.717, 1.165) is 19.6 Å². The van der Waals surface area contributed by atoms with Gasteiger partial charge in [-0.3, -0.25) is 4.90 Å². The fourth-order valence-corrected chi connectivity index (χ4v) is 2.06. The van der Waals surface area contributed by atoms with E-state index in [1.165, 1.54) is 10.5 Å². The molecule has 1 rings (SSSR count). The quantitative estimate of drug-likeness (QED) is 0.772. The van der Waals surface area contributed by atoms with Crippen LogP contribution in [0.4, 0.5) is 0 Å². The van der Waals surface area contributed by atoms with Crippen LogP contribution in [0.1, 0.15) is 19.4 Å². The van der Waals surface area contributed by atoms with Crippen molar-refractivity contribution in [1.82, 2.24) is 4.90 Å². The molecule has 2 nitrogen and oxygen atoms in total. The van der Waals surface area contributed by atoms with Crippen molar-refractivity contribution in [3.63, 3.8) is 0 Å². The molecule has 0 aliphatic carbocycles. The summed E-state index contributed by atoms with van der Waals surface area (Å²) in [6.07, 6.45) is 2.10. The minimum atomic E-state index is 0.545. The zero-order valence-electron chi connectivity index (χ0n) is 10.4. The molecular formula is C13H22N2S. The maximum atomic E-state index is 5.62. The summed E-state index contributed by atoms with van der Waals surface area (Å²) < 4.78 is 0. The van der Waals surface area contributed by atoms with Crippen molar-refractivity contribution >= 4 is 11.8 Å². The molecule has 1 aromatic rings. The predicted octanol–water partition coefficient (Wildman–Crippen LogP) is 2.58. The molecule has 0 bridgehead atoms. The van der Waals surface area contributed by atoms with Crippen LogP contribution in [-0.2, 0) is 6.54 Å². The van der Waals surface area contributed by atoms with E-state index in [9.17, 15) is 0 Å². The predicted molar refractivity (Wildman–Crippen MR) is 72.8 cm³/mol. The first-order valence-electron chi connectivity index (χ1n) is 5.74. The highest BCUT2D eigenvalue weighted by atomic mass is 32.2. The van der Waals surface area contributed by atoms with Crippen LogP contribution in [0.5, 0.6) is 0 Å². The van der Waals surface area contributed by atoms with Crippen molar-refractivity contribution < 1.29 is 0 Å². The Morgan fingerprint density at radius 3 is 2.31 bits per heavy atom. The molecule has 0 fully saturated rings. The molecule has 3 heteroatoms. The Morgan fingerprint density at radius 2 is 1.88 bits per heavy atom. The van der Waals surface area contributed by atoms with Gasteiger partial charge in [-0.15, -0.1) is 11.8 Å². The first-order chi connectivity index (χ1) is 7.67. The van der Waals surface area contributed by atoms with Crippen LogP contribution in [0.15, 0.2) is 29.2 Å². The van der Waals surface area contributed by atoms with E-state index in [0.29, 0.717) is 6.04 Å². The summed E-state index contributed by atoms with van der Waals surface area (Å²) in [7, 11) is 0. The van der Waals surface area contributed by atoms with Crippen molar-refractivity contribution in [1.29, 1.82) is 0 Å². The summed E-state index contributed by atoms with van der Waals surface area (Å²) in [5.41, 5.74) is 6.98. The molecule has 0 atom stereocenters. The van der Waals surface area contributed by atoms with Crippen LogP contribution >= 0.6 is 11.8 Å². The minimum Gasteiger partial charge on any atom is -0.329 e. The van der Waals surface area contributed by atoms with E-state index in [-0.39, 0.29) is 0 Å². The molecule has 0 aliphatic rings. The molecule has 0 saturated heterocycles. The van der Waals surface area contributed by atoms with Crippen molar-refractivity contribution in [2.45, 2.75) is 31.3 Å². The molecular weight excluding hydrogens is 216 g/mol. The molecule has 0 heterocycles. The van der Waals surface area contributed by atoms with Gasteiger partial charge in [-0.1, -0.05) is 12.1 Å². The third kappa shape index (κ3) is 4.16. The third-order valence-corrected chi connectivity index (χ3v) is 3.43. The molecule has 2 N–H and O–H groups in total. The van der Waals surface area contributed by atoms with Gasteiger partial charge in [-0.2, -0.15) is 0 Å². The van der Waals surface area contributed by atoms with Gasteiger partial charge in [0.2, 0.25) is 0 Å². The normalized spacial score (nSPS) is 11.4. The third-order valence-electron chi connectivity index (χ3n) is 2.69. The van der Waals surface area contributed by atoms with E-state index in [1.54, 1.807) is 11.8 Å². The first kappa shape index (κ1) is 13.6. The van der Waals surface area contributed by atoms with Gasteiger partial charge in [-0.25, -0.2) is 0 Å². The smallest absolute Gasteiger partial charge is 0.0236 e. The Kier molecular flexibility index (Phi) is 5.88. The summed E-state index contributed by atoms with van der Waals surface area (Å²) in [6, 6.07) is 9.32. The second kappa shape index (κ2) is 6.94. The maximum Gasteiger partial charge on any atom is 0.0236 e. The lowest BCUT2D eigenvalue weighted by Crippen LogP contribution is -2.34. The van der Waals surface area contributed by atoms with Crippen LogP contribution in [0.2, 0.25) is 0 Å². The van der Waals surface area contributed by atoms with Gasteiger partial charge in [-0.05, 0) is 37.8 Å². The van der Waals surface area contributed by atoms with Gasteiger partial charge in [0.15, 0.2) is 0 Å². The van der Waals surface area contributed by atoms with Gasteiger partial charge in [0.25, 0.3) is 0 Å². The average molecular weight is 238 g/mol. The maximum absolute atomic E-state index is 5.62. The first-order valence-corrected chi connectivity index (χ1v) is 6.97. The lowest BCUT2D eigenvalue weighted by molar-refractivity contribution is 0.219. The molecule has 0 spiro atoms. The monoisotopic (exact) mass is 238 g/mol. The highest BCUT2D eigenvalue weighted by Gasteiger charge is 2.08. The number of benzene rings is 1. The summed E-state index contributed by atoms with van der Waals surface area (Å²) in [5.74, 6) is 0. The van der Waals surface area contributed by atoms with E-state index in [2.05, 4.69) is 49.3 Å².